The molecule has 1 unspecified atom stereocenters. The number of rotatable bonds is 5. The lowest BCUT2D eigenvalue weighted by atomic mass is 10.0. The fourth-order valence-electron chi connectivity index (χ4n) is 3.78. The Labute approximate surface area is 186 Å². The molecule has 1 heterocycles. The first-order valence-electron chi connectivity index (χ1n) is 10.5. The summed E-state index contributed by atoms with van der Waals surface area (Å²) in [7, 11) is 0. The molecular weight excluding hydrogens is 398 g/mol. The SMILES string of the molecule is Cc1cccc(N2CCN(C(=O)NC(C)Oc3ccccc3C(C)C)CC2)c1C.Cl. The maximum atomic E-state index is 12.7. The first-order valence-corrected chi connectivity index (χ1v) is 10.5. The zero-order chi connectivity index (χ0) is 21.0. The molecule has 1 aliphatic heterocycles. The highest BCUT2D eigenvalue weighted by atomic mass is 35.5. The van der Waals surface area contributed by atoms with Gasteiger partial charge in [-0.2, -0.15) is 0 Å². The number of carbonyl (C=O) groups excluding carboxylic acids is 1. The van der Waals surface area contributed by atoms with E-state index < -0.39 is 0 Å². The standard InChI is InChI=1S/C24H33N3O2.ClH/c1-17(2)21-10-6-7-12-23(21)29-20(5)25-24(28)27-15-13-26(14-16-27)22-11-8-9-18(3)19(22)4;/h6-12,17,20H,13-16H2,1-5H3,(H,25,28);1H. The number of nitrogens with one attached hydrogen (secondary N) is 1. The maximum Gasteiger partial charge on any atom is 0.320 e. The minimum atomic E-state index is -0.389. The zero-order valence-corrected chi connectivity index (χ0v) is 19.5. The number of benzene rings is 2. The van der Waals surface area contributed by atoms with Crippen LogP contribution in [0.5, 0.6) is 5.75 Å². The van der Waals surface area contributed by atoms with Crippen LogP contribution in [0.4, 0.5) is 10.5 Å². The molecular formula is C24H34ClN3O2. The second-order valence-electron chi connectivity index (χ2n) is 8.10. The van der Waals surface area contributed by atoms with Gasteiger partial charge in [-0.3, -0.25) is 0 Å². The Kier molecular flexibility index (Phi) is 8.42. The van der Waals surface area contributed by atoms with Gasteiger partial charge in [-0.25, -0.2) is 4.79 Å². The van der Waals surface area contributed by atoms with Gasteiger partial charge in [0, 0.05) is 31.9 Å². The Bertz CT molecular complexity index is 848. The van der Waals surface area contributed by atoms with Gasteiger partial charge < -0.3 is 19.9 Å². The molecule has 0 bridgehead atoms. The van der Waals surface area contributed by atoms with E-state index in [4.69, 9.17) is 4.74 Å². The lowest BCUT2D eigenvalue weighted by Crippen LogP contribution is -2.54. The number of nitrogens with zero attached hydrogens (tertiary/aromatic N) is 2. The molecule has 1 fully saturated rings. The summed E-state index contributed by atoms with van der Waals surface area (Å²) in [6.07, 6.45) is -0.389. The number of halogens is 1. The van der Waals surface area contributed by atoms with Crippen molar-refractivity contribution in [1.82, 2.24) is 10.2 Å². The third-order valence-electron chi connectivity index (χ3n) is 5.66. The molecule has 6 heteroatoms. The van der Waals surface area contributed by atoms with Crippen LogP contribution in [0.15, 0.2) is 42.5 Å². The molecule has 0 aromatic heterocycles. The van der Waals surface area contributed by atoms with Crippen LogP contribution in [-0.4, -0.2) is 43.3 Å². The first-order chi connectivity index (χ1) is 13.9. The Balaban J connectivity index is 0.00000320. The van der Waals surface area contributed by atoms with E-state index in [9.17, 15) is 4.79 Å². The molecule has 1 aliphatic rings. The number of hydrogen-bond donors (Lipinski definition) is 1. The van der Waals surface area contributed by atoms with Crippen molar-refractivity contribution in [1.29, 1.82) is 0 Å². The molecule has 30 heavy (non-hydrogen) atoms. The van der Waals surface area contributed by atoms with Crippen LogP contribution in [0.2, 0.25) is 0 Å². The van der Waals surface area contributed by atoms with Crippen LogP contribution in [0, 0.1) is 13.8 Å². The smallest absolute Gasteiger partial charge is 0.320 e. The summed E-state index contributed by atoms with van der Waals surface area (Å²) < 4.78 is 6.02. The van der Waals surface area contributed by atoms with Gasteiger partial charge in [0.15, 0.2) is 6.23 Å². The van der Waals surface area contributed by atoms with E-state index in [2.05, 4.69) is 62.2 Å². The minimum absolute atomic E-state index is 0. The molecule has 0 spiro atoms. The maximum absolute atomic E-state index is 12.7. The molecule has 1 saturated heterocycles. The number of aryl methyl sites for hydroxylation is 1. The molecule has 3 rings (SSSR count). The molecule has 2 aromatic carbocycles. The third-order valence-corrected chi connectivity index (χ3v) is 5.66. The van der Waals surface area contributed by atoms with Crippen LogP contribution in [0.25, 0.3) is 0 Å². The molecule has 0 aliphatic carbocycles. The number of amides is 2. The molecule has 5 nitrogen and oxygen atoms in total. The zero-order valence-electron chi connectivity index (χ0n) is 18.6. The molecule has 164 valence electrons. The van der Waals surface area contributed by atoms with E-state index in [-0.39, 0.29) is 24.7 Å². The fourth-order valence-corrected chi connectivity index (χ4v) is 3.78. The van der Waals surface area contributed by atoms with Gasteiger partial charge in [0.2, 0.25) is 0 Å². The van der Waals surface area contributed by atoms with Crippen LogP contribution in [0.3, 0.4) is 0 Å². The van der Waals surface area contributed by atoms with Crippen molar-refractivity contribution in [2.75, 3.05) is 31.1 Å². The Morgan fingerprint density at radius 2 is 1.63 bits per heavy atom. The summed E-state index contributed by atoms with van der Waals surface area (Å²) in [5.41, 5.74) is 5.04. The molecule has 0 saturated carbocycles. The summed E-state index contributed by atoms with van der Waals surface area (Å²) in [6, 6.07) is 14.3. The monoisotopic (exact) mass is 431 g/mol. The topological polar surface area (TPSA) is 44.8 Å². The quantitative estimate of drug-likeness (QED) is 0.669. The number of urea groups is 1. The Morgan fingerprint density at radius 1 is 0.967 bits per heavy atom. The van der Waals surface area contributed by atoms with Crippen molar-refractivity contribution in [3.63, 3.8) is 0 Å². The van der Waals surface area contributed by atoms with Crippen molar-refractivity contribution >= 4 is 24.1 Å². The molecule has 0 radical (unpaired) electrons. The Hall–Kier alpha value is -2.40. The van der Waals surface area contributed by atoms with Crippen molar-refractivity contribution in [3.05, 3.63) is 59.2 Å². The molecule has 1 N–H and O–H groups in total. The van der Waals surface area contributed by atoms with Gasteiger partial charge in [-0.05, 0) is 55.5 Å². The predicted molar refractivity (Wildman–Crippen MR) is 126 cm³/mol. The predicted octanol–water partition coefficient (Wildman–Crippen LogP) is 5.11. The van der Waals surface area contributed by atoms with Crippen LogP contribution in [-0.2, 0) is 0 Å². The normalized spacial score (nSPS) is 14.9. The van der Waals surface area contributed by atoms with Crippen molar-refractivity contribution in [2.24, 2.45) is 0 Å². The number of piperazine rings is 1. The number of para-hydroxylation sites is 1. The van der Waals surface area contributed by atoms with E-state index in [1.807, 2.05) is 30.0 Å². The van der Waals surface area contributed by atoms with Crippen molar-refractivity contribution in [3.8, 4) is 5.75 Å². The number of carbonyl (C=O) groups is 1. The highest BCUT2D eigenvalue weighted by molar-refractivity contribution is 5.85. The summed E-state index contributed by atoms with van der Waals surface area (Å²) >= 11 is 0. The average molecular weight is 432 g/mol. The lowest BCUT2D eigenvalue weighted by molar-refractivity contribution is 0.150. The van der Waals surface area contributed by atoms with Gasteiger partial charge in [0.05, 0.1) is 0 Å². The van der Waals surface area contributed by atoms with Crippen LogP contribution in [0.1, 0.15) is 43.4 Å². The third kappa shape index (κ3) is 5.60. The second kappa shape index (κ2) is 10.6. The average Bonchev–Trinajstić information content (AvgIpc) is 2.70. The summed E-state index contributed by atoms with van der Waals surface area (Å²) in [5, 5.41) is 2.99. The summed E-state index contributed by atoms with van der Waals surface area (Å²) in [5.74, 6) is 1.20. The number of anilines is 1. The summed E-state index contributed by atoms with van der Waals surface area (Å²) in [4.78, 5) is 16.9. The number of ether oxygens (including phenoxy) is 1. The summed E-state index contributed by atoms with van der Waals surface area (Å²) in [6.45, 7) is 13.5. The molecule has 2 aromatic rings. The van der Waals surface area contributed by atoms with E-state index in [1.165, 1.54) is 16.8 Å². The van der Waals surface area contributed by atoms with E-state index in [1.54, 1.807) is 0 Å². The van der Waals surface area contributed by atoms with Gasteiger partial charge in [0.25, 0.3) is 0 Å². The largest absolute Gasteiger partial charge is 0.471 e. The second-order valence-corrected chi connectivity index (χ2v) is 8.10. The van der Waals surface area contributed by atoms with Crippen molar-refractivity contribution in [2.45, 2.75) is 46.8 Å². The minimum Gasteiger partial charge on any atom is -0.471 e. The van der Waals surface area contributed by atoms with Crippen molar-refractivity contribution < 1.29 is 9.53 Å². The van der Waals surface area contributed by atoms with E-state index >= 15 is 0 Å². The van der Waals surface area contributed by atoms with E-state index in [0.717, 1.165) is 24.4 Å². The highest BCUT2D eigenvalue weighted by Crippen LogP contribution is 2.27. The van der Waals surface area contributed by atoms with Gasteiger partial charge in [-0.15, -0.1) is 12.4 Å². The van der Waals surface area contributed by atoms with Crippen LogP contribution >= 0.6 is 12.4 Å². The molecule has 2 amide bonds. The van der Waals surface area contributed by atoms with E-state index in [0.29, 0.717) is 19.0 Å². The fraction of sp³-hybridized carbons (Fsp3) is 0.458. The van der Waals surface area contributed by atoms with Crippen LogP contribution < -0.4 is 15.0 Å². The van der Waals surface area contributed by atoms with Gasteiger partial charge in [0.1, 0.15) is 5.75 Å². The highest BCUT2D eigenvalue weighted by Gasteiger charge is 2.23. The lowest BCUT2D eigenvalue weighted by Gasteiger charge is -2.37. The van der Waals surface area contributed by atoms with Gasteiger partial charge in [-0.1, -0.05) is 44.2 Å². The number of hydrogen-bond acceptors (Lipinski definition) is 3. The molecule has 1 atom stereocenters. The van der Waals surface area contributed by atoms with Gasteiger partial charge >= 0.3 is 6.03 Å². The Morgan fingerprint density at radius 3 is 2.30 bits per heavy atom. The first kappa shape index (κ1) is 23.9.